The van der Waals surface area contributed by atoms with E-state index in [4.69, 9.17) is 5.11 Å². The number of benzene rings is 1. The first-order valence-corrected chi connectivity index (χ1v) is 7.64. The van der Waals surface area contributed by atoms with Crippen LogP contribution in [0.4, 0.5) is 4.39 Å². The molecule has 0 spiro atoms. The van der Waals surface area contributed by atoms with Crippen molar-refractivity contribution in [2.24, 2.45) is 5.10 Å². The van der Waals surface area contributed by atoms with Crippen molar-refractivity contribution in [3.05, 3.63) is 53.4 Å². The third-order valence-electron chi connectivity index (χ3n) is 3.59. The molecule has 26 heavy (non-hydrogen) atoms. The first kappa shape index (κ1) is 19.7. The van der Waals surface area contributed by atoms with Crippen molar-refractivity contribution < 1.29 is 29.6 Å². The molecule has 9 nitrogen and oxygen atoms in total. The van der Waals surface area contributed by atoms with Crippen LogP contribution in [0.1, 0.15) is 34.9 Å². The summed E-state index contributed by atoms with van der Waals surface area (Å²) in [6.45, 7) is 0.827. The molecule has 1 heterocycles. The van der Waals surface area contributed by atoms with Gasteiger partial charge in [0.05, 0.1) is 18.5 Å². The number of nitrogens with one attached hydrogen (secondary N) is 2. The number of aliphatic hydroxyl groups is 4. The molecule has 1 aromatic heterocycles. The molecule has 1 amide bonds. The lowest BCUT2D eigenvalue weighted by molar-refractivity contribution is -0.0788. The topological polar surface area (TPSA) is 151 Å². The van der Waals surface area contributed by atoms with E-state index in [1.165, 1.54) is 18.3 Å². The molecule has 0 radical (unpaired) electrons. The Hall–Kier alpha value is -2.66. The summed E-state index contributed by atoms with van der Waals surface area (Å²) in [5, 5.41) is 41.6. The summed E-state index contributed by atoms with van der Waals surface area (Å²) in [6.07, 6.45) is -3.39. The molecule has 10 heteroatoms. The van der Waals surface area contributed by atoms with Gasteiger partial charge in [-0.2, -0.15) is 5.10 Å². The van der Waals surface area contributed by atoms with Gasteiger partial charge in [0.15, 0.2) is 5.82 Å². The number of rotatable bonds is 7. The Balaban J connectivity index is 2.04. The molecule has 1 aromatic carbocycles. The van der Waals surface area contributed by atoms with Gasteiger partial charge in [0.1, 0.15) is 29.8 Å². The standard InChI is InChI=1S/C16H19FN4O5/c1-8(20-21-16(26)9-2-4-10(17)5-3-9)15-18-6-11(19-15)13(24)14(25)12(23)7-22/h2-6,12-14,22-25H,7H2,1H3,(H,18,19)(H,21,26)/b20-8-. The number of hydrazone groups is 1. The van der Waals surface area contributed by atoms with Crippen molar-refractivity contribution in [2.75, 3.05) is 6.61 Å². The summed E-state index contributed by atoms with van der Waals surface area (Å²) in [7, 11) is 0. The second-order valence-corrected chi connectivity index (χ2v) is 5.52. The molecule has 0 saturated heterocycles. The second-order valence-electron chi connectivity index (χ2n) is 5.52. The summed E-state index contributed by atoms with van der Waals surface area (Å²) in [4.78, 5) is 18.6. The zero-order valence-corrected chi connectivity index (χ0v) is 13.8. The zero-order chi connectivity index (χ0) is 19.3. The Morgan fingerprint density at radius 3 is 2.58 bits per heavy atom. The van der Waals surface area contributed by atoms with Crippen molar-refractivity contribution in [3.8, 4) is 0 Å². The first-order chi connectivity index (χ1) is 12.3. The van der Waals surface area contributed by atoms with Crippen molar-refractivity contribution >= 4 is 11.6 Å². The van der Waals surface area contributed by atoms with E-state index >= 15 is 0 Å². The van der Waals surface area contributed by atoms with Crippen LogP contribution in [-0.2, 0) is 0 Å². The fourth-order valence-electron chi connectivity index (χ4n) is 2.03. The molecule has 140 valence electrons. The molecule has 3 atom stereocenters. The number of aliphatic hydroxyl groups excluding tert-OH is 4. The average Bonchev–Trinajstić information content (AvgIpc) is 3.14. The highest BCUT2D eigenvalue weighted by Gasteiger charge is 2.27. The van der Waals surface area contributed by atoms with E-state index in [-0.39, 0.29) is 22.8 Å². The van der Waals surface area contributed by atoms with Crippen molar-refractivity contribution in [2.45, 2.75) is 25.2 Å². The smallest absolute Gasteiger partial charge is 0.271 e. The molecule has 0 aliphatic rings. The molecule has 0 bridgehead atoms. The van der Waals surface area contributed by atoms with E-state index in [0.717, 1.165) is 12.1 Å². The number of hydrogen-bond acceptors (Lipinski definition) is 7. The largest absolute Gasteiger partial charge is 0.394 e. The molecular weight excluding hydrogens is 347 g/mol. The number of halogens is 1. The summed E-state index contributed by atoms with van der Waals surface area (Å²) >= 11 is 0. The van der Waals surface area contributed by atoms with Crippen molar-refractivity contribution in [1.29, 1.82) is 0 Å². The summed E-state index contributed by atoms with van der Waals surface area (Å²) < 4.78 is 12.8. The fraction of sp³-hybridized carbons (Fsp3) is 0.312. The number of carbonyl (C=O) groups is 1. The van der Waals surface area contributed by atoms with Crippen molar-refractivity contribution in [3.63, 3.8) is 0 Å². The number of H-pyrrole nitrogens is 1. The molecule has 2 aromatic rings. The van der Waals surface area contributed by atoms with Gasteiger partial charge < -0.3 is 25.4 Å². The average molecular weight is 366 g/mol. The highest BCUT2D eigenvalue weighted by Crippen LogP contribution is 2.17. The highest BCUT2D eigenvalue weighted by molar-refractivity contribution is 5.98. The molecule has 0 saturated carbocycles. The lowest BCUT2D eigenvalue weighted by Gasteiger charge is -2.20. The molecule has 6 N–H and O–H groups in total. The van der Waals surface area contributed by atoms with Crippen LogP contribution in [0.25, 0.3) is 0 Å². The summed E-state index contributed by atoms with van der Waals surface area (Å²) in [5.41, 5.74) is 2.88. The van der Waals surface area contributed by atoms with Crippen LogP contribution in [0, 0.1) is 5.82 Å². The number of hydrogen-bond donors (Lipinski definition) is 6. The Bertz CT molecular complexity index is 777. The lowest BCUT2D eigenvalue weighted by atomic mass is 10.1. The van der Waals surface area contributed by atoms with Gasteiger partial charge in [-0.15, -0.1) is 0 Å². The van der Waals surface area contributed by atoms with Crippen LogP contribution in [0.15, 0.2) is 35.6 Å². The number of imidazole rings is 1. The van der Waals surface area contributed by atoms with Gasteiger partial charge in [-0.05, 0) is 31.2 Å². The van der Waals surface area contributed by atoms with E-state index in [1.54, 1.807) is 6.92 Å². The van der Waals surface area contributed by atoms with E-state index in [2.05, 4.69) is 20.5 Å². The van der Waals surface area contributed by atoms with E-state index in [1.807, 2.05) is 0 Å². The SMILES string of the molecule is C/C(=N/NC(=O)c1ccc(F)cc1)c1ncc(C(O)C(O)C(O)CO)[nH]1. The van der Waals surface area contributed by atoms with Crippen LogP contribution in [0.5, 0.6) is 0 Å². The molecule has 0 aliphatic heterocycles. The second kappa shape index (κ2) is 8.63. The maximum Gasteiger partial charge on any atom is 0.271 e. The van der Waals surface area contributed by atoms with Crippen LogP contribution in [-0.4, -0.2) is 60.8 Å². The van der Waals surface area contributed by atoms with Crippen LogP contribution in [0.2, 0.25) is 0 Å². The van der Waals surface area contributed by atoms with Gasteiger partial charge in [0.2, 0.25) is 0 Å². The third kappa shape index (κ3) is 4.70. The monoisotopic (exact) mass is 366 g/mol. The first-order valence-electron chi connectivity index (χ1n) is 7.64. The van der Waals surface area contributed by atoms with Gasteiger partial charge in [0.25, 0.3) is 5.91 Å². The molecular formula is C16H19FN4O5. The predicted molar refractivity (Wildman–Crippen MR) is 88.7 cm³/mol. The minimum atomic E-state index is -1.61. The third-order valence-corrected chi connectivity index (χ3v) is 3.59. The molecule has 2 rings (SSSR count). The molecule has 0 fully saturated rings. The van der Waals surface area contributed by atoms with E-state index < -0.39 is 36.6 Å². The molecule has 0 aliphatic carbocycles. The summed E-state index contributed by atoms with van der Waals surface area (Å²) in [5.74, 6) is -0.793. The van der Waals surface area contributed by atoms with Gasteiger partial charge in [-0.25, -0.2) is 14.8 Å². The maximum absolute atomic E-state index is 12.8. The molecule has 3 unspecified atom stereocenters. The Kier molecular flexibility index (Phi) is 6.52. The van der Waals surface area contributed by atoms with Crippen molar-refractivity contribution in [1.82, 2.24) is 15.4 Å². The lowest BCUT2D eigenvalue weighted by Crippen LogP contribution is -2.34. The Labute approximate surface area is 147 Å². The predicted octanol–water partition coefficient (Wildman–Crippen LogP) is -0.550. The van der Waals surface area contributed by atoms with Gasteiger partial charge >= 0.3 is 0 Å². The minimum absolute atomic E-state index is 0.0967. The number of carbonyl (C=O) groups excluding carboxylic acids is 1. The minimum Gasteiger partial charge on any atom is -0.394 e. The van der Waals surface area contributed by atoms with E-state index in [9.17, 15) is 24.5 Å². The number of aromatic amines is 1. The summed E-state index contributed by atoms with van der Waals surface area (Å²) in [6, 6.07) is 4.92. The number of amides is 1. The van der Waals surface area contributed by atoms with Crippen LogP contribution >= 0.6 is 0 Å². The Morgan fingerprint density at radius 1 is 1.31 bits per heavy atom. The Morgan fingerprint density at radius 2 is 1.96 bits per heavy atom. The highest BCUT2D eigenvalue weighted by atomic mass is 19.1. The van der Waals surface area contributed by atoms with Gasteiger partial charge in [-0.1, -0.05) is 0 Å². The maximum atomic E-state index is 12.8. The fourth-order valence-corrected chi connectivity index (χ4v) is 2.03. The van der Waals surface area contributed by atoms with Gasteiger partial charge in [-0.3, -0.25) is 4.79 Å². The van der Waals surface area contributed by atoms with E-state index in [0.29, 0.717) is 0 Å². The van der Waals surface area contributed by atoms with Crippen LogP contribution in [0.3, 0.4) is 0 Å². The van der Waals surface area contributed by atoms with Crippen LogP contribution < -0.4 is 5.43 Å². The zero-order valence-electron chi connectivity index (χ0n) is 13.8. The normalized spacial score (nSPS) is 15.4. The number of nitrogens with zero attached hydrogens (tertiary/aromatic N) is 2. The number of aromatic nitrogens is 2. The van der Waals surface area contributed by atoms with Gasteiger partial charge in [0, 0.05) is 5.56 Å². The quantitative estimate of drug-likeness (QED) is 0.286.